The molecule has 2 N–H and O–H groups in total. The molecule has 0 aromatic rings. The second-order valence-electron chi connectivity index (χ2n) is 5.80. The van der Waals surface area contributed by atoms with Crippen LogP contribution in [0.25, 0.3) is 0 Å². The Hall–Kier alpha value is -1.69. The van der Waals surface area contributed by atoms with E-state index in [2.05, 4.69) is 0 Å². The molecular weight excluding hydrogens is 260 g/mol. The average Bonchev–Trinajstić information content (AvgIpc) is 2.63. The lowest BCUT2D eigenvalue weighted by Crippen LogP contribution is -2.37. The van der Waals surface area contributed by atoms with Gasteiger partial charge in [-0.1, -0.05) is 0 Å². The molecule has 2 amide bonds. The fraction of sp³-hybridized carbons (Fsp3) is 0.643. The van der Waals surface area contributed by atoms with Crippen molar-refractivity contribution in [1.82, 2.24) is 4.90 Å². The van der Waals surface area contributed by atoms with Crippen molar-refractivity contribution in [2.45, 2.75) is 51.7 Å². The molecule has 1 rings (SSSR count). The summed E-state index contributed by atoms with van der Waals surface area (Å²) in [6.45, 7) is 5.71. The molecule has 0 bridgehead atoms. The van der Waals surface area contributed by atoms with E-state index in [1.807, 2.05) is 0 Å². The first-order chi connectivity index (χ1) is 9.20. The van der Waals surface area contributed by atoms with Crippen molar-refractivity contribution in [3.05, 3.63) is 12.2 Å². The molecule has 6 nitrogen and oxygen atoms in total. The van der Waals surface area contributed by atoms with Gasteiger partial charge in [0.1, 0.15) is 11.6 Å². The van der Waals surface area contributed by atoms with Crippen LogP contribution < -0.4 is 5.73 Å². The van der Waals surface area contributed by atoms with Crippen molar-refractivity contribution >= 4 is 17.8 Å². The Kier molecular flexibility index (Phi) is 5.44. The van der Waals surface area contributed by atoms with Crippen LogP contribution in [-0.2, 0) is 19.1 Å². The van der Waals surface area contributed by atoms with E-state index in [9.17, 15) is 14.4 Å². The second-order valence-corrected chi connectivity index (χ2v) is 5.80. The Morgan fingerprint density at radius 1 is 1.25 bits per heavy atom. The summed E-state index contributed by atoms with van der Waals surface area (Å²) in [7, 11) is 0. The topological polar surface area (TPSA) is 89.7 Å². The Labute approximate surface area is 118 Å². The van der Waals surface area contributed by atoms with Gasteiger partial charge in [0.05, 0.1) is 0 Å². The molecular formula is C14H22N2O4. The zero-order valence-corrected chi connectivity index (χ0v) is 12.2. The minimum absolute atomic E-state index is 0.286. The van der Waals surface area contributed by atoms with Crippen LogP contribution in [0.5, 0.6) is 0 Å². The number of nitrogens with zero attached hydrogens (tertiary/aromatic N) is 1. The van der Waals surface area contributed by atoms with E-state index in [1.54, 1.807) is 20.8 Å². The van der Waals surface area contributed by atoms with Crippen LogP contribution in [0.3, 0.4) is 0 Å². The highest BCUT2D eigenvalue weighted by Gasteiger charge is 2.24. The monoisotopic (exact) mass is 282 g/mol. The lowest BCUT2D eigenvalue weighted by molar-refractivity contribution is -0.156. The fourth-order valence-corrected chi connectivity index (χ4v) is 1.78. The summed E-state index contributed by atoms with van der Waals surface area (Å²) in [4.78, 5) is 35.4. The quantitative estimate of drug-likeness (QED) is 0.441. The van der Waals surface area contributed by atoms with E-state index in [4.69, 9.17) is 10.5 Å². The third-order valence-electron chi connectivity index (χ3n) is 2.76. The van der Waals surface area contributed by atoms with E-state index in [1.165, 1.54) is 17.1 Å². The van der Waals surface area contributed by atoms with Crippen molar-refractivity contribution in [3.8, 4) is 0 Å². The van der Waals surface area contributed by atoms with Crippen molar-refractivity contribution in [2.24, 2.45) is 5.73 Å². The highest BCUT2D eigenvalue weighted by Crippen LogP contribution is 2.11. The average molecular weight is 282 g/mol. The standard InChI is InChI=1S/C14H22N2O4/c1-14(2,3)20-13(19)10(15)6-4-5-9-16-11(17)7-8-12(16)18/h7-8,10H,4-6,9,15H2,1-3H3/t10-/m0/s1. The Morgan fingerprint density at radius 3 is 2.30 bits per heavy atom. The van der Waals surface area contributed by atoms with Crippen molar-refractivity contribution < 1.29 is 19.1 Å². The van der Waals surface area contributed by atoms with E-state index in [-0.39, 0.29) is 11.8 Å². The van der Waals surface area contributed by atoms with Crippen LogP contribution in [-0.4, -0.2) is 40.9 Å². The predicted molar refractivity (Wildman–Crippen MR) is 73.5 cm³/mol. The molecule has 1 aliphatic rings. The van der Waals surface area contributed by atoms with Crippen LogP contribution in [0.4, 0.5) is 0 Å². The van der Waals surface area contributed by atoms with Gasteiger partial charge in [-0.3, -0.25) is 19.3 Å². The summed E-state index contributed by atoms with van der Waals surface area (Å²) >= 11 is 0. The van der Waals surface area contributed by atoms with Gasteiger partial charge in [0.15, 0.2) is 0 Å². The van der Waals surface area contributed by atoms with E-state index in [0.717, 1.165) is 0 Å². The first kappa shape index (κ1) is 16.4. The van der Waals surface area contributed by atoms with E-state index in [0.29, 0.717) is 25.8 Å². The number of ether oxygens (including phenoxy) is 1. The van der Waals surface area contributed by atoms with Gasteiger partial charge in [-0.05, 0) is 40.0 Å². The predicted octanol–water partition coefficient (Wildman–Crippen LogP) is 0.751. The van der Waals surface area contributed by atoms with Gasteiger partial charge in [0.25, 0.3) is 11.8 Å². The molecule has 0 unspecified atom stereocenters. The van der Waals surface area contributed by atoms with Gasteiger partial charge in [-0.15, -0.1) is 0 Å². The zero-order chi connectivity index (χ0) is 15.3. The summed E-state index contributed by atoms with van der Waals surface area (Å²) in [5.41, 5.74) is 5.19. The first-order valence-electron chi connectivity index (χ1n) is 6.73. The fourth-order valence-electron chi connectivity index (χ4n) is 1.78. The third-order valence-corrected chi connectivity index (χ3v) is 2.76. The molecule has 1 aliphatic heterocycles. The Morgan fingerprint density at radius 2 is 1.80 bits per heavy atom. The molecule has 0 fully saturated rings. The smallest absolute Gasteiger partial charge is 0.323 e. The van der Waals surface area contributed by atoms with Crippen LogP contribution in [0, 0.1) is 0 Å². The maximum atomic E-state index is 11.6. The van der Waals surface area contributed by atoms with Crippen LogP contribution in [0.15, 0.2) is 12.2 Å². The number of rotatable bonds is 6. The van der Waals surface area contributed by atoms with Gasteiger partial charge in [0, 0.05) is 18.7 Å². The van der Waals surface area contributed by atoms with Gasteiger partial charge in [-0.2, -0.15) is 0 Å². The van der Waals surface area contributed by atoms with Crippen LogP contribution in [0.1, 0.15) is 40.0 Å². The molecule has 20 heavy (non-hydrogen) atoms. The van der Waals surface area contributed by atoms with E-state index < -0.39 is 17.6 Å². The number of carbonyl (C=O) groups is 3. The second kappa shape index (κ2) is 6.65. The van der Waals surface area contributed by atoms with E-state index >= 15 is 0 Å². The maximum Gasteiger partial charge on any atom is 0.323 e. The molecule has 0 aromatic carbocycles. The summed E-state index contributed by atoms with van der Waals surface area (Å²) in [5, 5.41) is 0. The third kappa shape index (κ3) is 5.13. The minimum Gasteiger partial charge on any atom is -0.459 e. The lowest BCUT2D eigenvalue weighted by Gasteiger charge is -2.22. The molecule has 1 atom stereocenters. The molecule has 0 radical (unpaired) electrons. The molecule has 0 aliphatic carbocycles. The molecule has 0 aromatic heterocycles. The van der Waals surface area contributed by atoms with Gasteiger partial charge < -0.3 is 10.5 Å². The highest BCUT2D eigenvalue weighted by atomic mass is 16.6. The Balaban J connectivity index is 2.22. The van der Waals surface area contributed by atoms with Crippen molar-refractivity contribution in [3.63, 3.8) is 0 Å². The normalized spacial score (nSPS) is 16.7. The van der Waals surface area contributed by atoms with Crippen LogP contribution >= 0.6 is 0 Å². The number of esters is 1. The van der Waals surface area contributed by atoms with Crippen LogP contribution in [0.2, 0.25) is 0 Å². The number of hydrogen-bond acceptors (Lipinski definition) is 5. The van der Waals surface area contributed by atoms with Crippen molar-refractivity contribution in [2.75, 3.05) is 6.54 Å². The van der Waals surface area contributed by atoms with Crippen molar-refractivity contribution in [1.29, 1.82) is 0 Å². The Bertz CT molecular complexity index is 405. The summed E-state index contributed by atoms with van der Waals surface area (Å²) < 4.78 is 5.17. The maximum absolute atomic E-state index is 11.6. The summed E-state index contributed by atoms with van der Waals surface area (Å²) in [6.07, 6.45) is 4.26. The number of carbonyl (C=O) groups excluding carboxylic acids is 3. The number of imide groups is 1. The van der Waals surface area contributed by atoms with Gasteiger partial charge in [-0.25, -0.2) is 0 Å². The molecule has 1 heterocycles. The lowest BCUT2D eigenvalue weighted by atomic mass is 10.1. The molecule has 0 spiro atoms. The molecule has 6 heteroatoms. The highest BCUT2D eigenvalue weighted by molar-refractivity contribution is 6.12. The largest absolute Gasteiger partial charge is 0.459 e. The number of unbranched alkanes of at least 4 members (excludes halogenated alkanes) is 1. The SMILES string of the molecule is CC(C)(C)OC(=O)[C@@H](N)CCCCN1C(=O)C=CC1=O. The molecule has 0 saturated heterocycles. The summed E-state index contributed by atoms with van der Waals surface area (Å²) in [5.74, 6) is -0.995. The summed E-state index contributed by atoms with van der Waals surface area (Å²) in [6, 6.07) is -0.669. The van der Waals surface area contributed by atoms with Gasteiger partial charge in [0.2, 0.25) is 0 Å². The number of amides is 2. The first-order valence-corrected chi connectivity index (χ1v) is 6.73. The van der Waals surface area contributed by atoms with Gasteiger partial charge >= 0.3 is 5.97 Å². The number of hydrogen-bond donors (Lipinski definition) is 1. The molecule has 0 saturated carbocycles. The molecule has 112 valence electrons. The number of nitrogens with two attached hydrogens (primary N) is 1. The minimum atomic E-state index is -0.669. The zero-order valence-electron chi connectivity index (χ0n) is 12.2.